The molecule has 1 aliphatic rings. The molecule has 1 aliphatic heterocycles. The Morgan fingerprint density at radius 1 is 1.38 bits per heavy atom. The molecular weight excluding hydrogens is 389 g/mol. The van der Waals surface area contributed by atoms with Crippen molar-refractivity contribution in [3.63, 3.8) is 0 Å². The topological polar surface area (TPSA) is 54.5 Å². The summed E-state index contributed by atoms with van der Waals surface area (Å²) >= 11 is 1.60. The number of ether oxygens (including phenoxy) is 1. The van der Waals surface area contributed by atoms with Crippen LogP contribution < -0.4 is 5.32 Å². The highest BCUT2D eigenvalue weighted by molar-refractivity contribution is 7.09. The molecule has 2 heterocycles. The second-order valence-corrected chi connectivity index (χ2v) is 9.75. The van der Waals surface area contributed by atoms with Gasteiger partial charge in [-0.05, 0) is 36.5 Å². The quantitative estimate of drug-likeness (QED) is 0.760. The first-order chi connectivity index (χ1) is 13.7. The van der Waals surface area contributed by atoms with Gasteiger partial charge in [0, 0.05) is 24.2 Å². The Kier molecular flexibility index (Phi) is 7.03. The molecule has 1 fully saturated rings. The second kappa shape index (κ2) is 9.32. The molecule has 1 aromatic carbocycles. The molecule has 0 aliphatic carbocycles. The minimum Gasteiger partial charge on any atom is -0.368 e. The van der Waals surface area contributed by atoms with Crippen LogP contribution in [0.15, 0.2) is 29.6 Å². The molecule has 1 saturated heterocycles. The van der Waals surface area contributed by atoms with Crippen LogP contribution in [0.2, 0.25) is 0 Å². The fraction of sp³-hybridized carbons (Fsp3) is 0.545. The van der Waals surface area contributed by atoms with Gasteiger partial charge in [-0.25, -0.2) is 9.37 Å². The fourth-order valence-corrected chi connectivity index (χ4v) is 4.35. The first-order valence-electron chi connectivity index (χ1n) is 10.0. The van der Waals surface area contributed by atoms with Gasteiger partial charge in [0.1, 0.15) is 16.9 Å². The summed E-state index contributed by atoms with van der Waals surface area (Å²) in [5, 5.41) is 6.14. The molecule has 2 aromatic rings. The molecule has 0 radical (unpaired) electrons. The molecule has 2 atom stereocenters. The maximum absolute atomic E-state index is 13.3. The highest BCUT2D eigenvalue weighted by atomic mass is 32.1. The Balaban J connectivity index is 1.62. The first kappa shape index (κ1) is 21.9. The van der Waals surface area contributed by atoms with Gasteiger partial charge < -0.3 is 10.1 Å². The highest BCUT2D eigenvalue weighted by Crippen LogP contribution is 2.30. The molecule has 1 aromatic heterocycles. The number of carbonyl (C=O) groups excluding carboxylic acids is 1. The number of nitrogens with zero attached hydrogens (tertiary/aromatic N) is 2. The maximum Gasteiger partial charge on any atom is 0.234 e. The number of morpholine rings is 1. The zero-order valence-electron chi connectivity index (χ0n) is 17.6. The van der Waals surface area contributed by atoms with E-state index in [-0.39, 0.29) is 29.3 Å². The van der Waals surface area contributed by atoms with E-state index in [4.69, 9.17) is 4.74 Å². The van der Waals surface area contributed by atoms with Gasteiger partial charge in [0.2, 0.25) is 5.91 Å². The molecule has 0 saturated carbocycles. The van der Waals surface area contributed by atoms with E-state index < -0.39 is 0 Å². The number of thiazole rings is 1. The summed E-state index contributed by atoms with van der Waals surface area (Å²) in [6.07, 6.45) is 0.687. The van der Waals surface area contributed by atoms with Crippen LogP contribution in [0.4, 0.5) is 4.39 Å². The number of hydrogen-bond acceptors (Lipinski definition) is 5. The molecule has 7 heteroatoms. The van der Waals surface area contributed by atoms with Crippen LogP contribution in [0.5, 0.6) is 0 Å². The minimum atomic E-state index is -0.272. The van der Waals surface area contributed by atoms with E-state index in [9.17, 15) is 9.18 Å². The molecule has 158 valence electrons. The van der Waals surface area contributed by atoms with Crippen LogP contribution in [0.1, 0.15) is 55.6 Å². The first-order valence-corrected chi connectivity index (χ1v) is 10.9. The van der Waals surface area contributed by atoms with E-state index in [1.165, 1.54) is 12.1 Å². The van der Waals surface area contributed by atoms with Crippen molar-refractivity contribution in [2.24, 2.45) is 5.41 Å². The van der Waals surface area contributed by atoms with Gasteiger partial charge in [-0.15, -0.1) is 11.3 Å². The van der Waals surface area contributed by atoms with Gasteiger partial charge in [-0.3, -0.25) is 9.69 Å². The monoisotopic (exact) mass is 419 g/mol. The average Bonchev–Trinajstić information content (AvgIpc) is 3.07. The summed E-state index contributed by atoms with van der Waals surface area (Å²) in [7, 11) is 0. The van der Waals surface area contributed by atoms with E-state index in [0.29, 0.717) is 19.7 Å². The number of rotatable bonds is 6. The van der Waals surface area contributed by atoms with E-state index in [1.807, 2.05) is 12.3 Å². The second-order valence-electron chi connectivity index (χ2n) is 8.86. The van der Waals surface area contributed by atoms with Gasteiger partial charge in [0.15, 0.2) is 0 Å². The molecule has 2 unspecified atom stereocenters. The summed E-state index contributed by atoms with van der Waals surface area (Å²) in [6, 6.07) is 6.24. The lowest BCUT2D eigenvalue weighted by atomic mass is 9.85. The van der Waals surface area contributed by atoms with Crippen LogP contribution in [-0.2, 0) is 9.53 Å². The molecule has 5 nitrogen and oxygen atoms in total. The van der Waals surface area contributed by atoms with Crippen molar-refractivity contribution in [1.82, 2.24) is 15.2 Å². The number of amides is 1. The largest absolute Gasteiger partial charge is 0.368 e. The zero-order valence-corrected chi connectivity index (χ0v) is 18.4. The summed E-state index contributed by atoms with van der Waals surface area (Å²) in [5.41, 5.74) is 1.94. The number of carbonyl (C=O) groups is 1. The van der Waals surface area contributed by atoms with Crippen molar-refractivity contribution in [3.8, 4) is 0 Å². The number of aromatic nitrogens is 1. The number of benzene rings is 1. The van der Waals surface area contributed by atoms with Crippen molar-refractivity contribution in [2.45, 2.75) is 46.3 Å². The van der Waals surface area contributed by atoms with Crippen molar-refractivity contribution in [1.29, 1.82) is 0 Å². The summed E-state index contributed by atoms with van der Waals surface area (Å²) in [6.45, 7) is 10.6. The Labute approximate surface area is 176 Å². The summed E-state index contributed by atoms with van der Waals surface area (Å²) < 4.78 is 19.2. The Bertz CT molecular complexity index is 816. The minimum absolute atomic E-state index is 0.0269. The molecule has 1 amide bonds. The predicted octanol–water partition coefficient (Wildman–Crippen LogP) is 4.26. The molecular formula is C22H30FN3O2S. The number of hydrogen-bond donors (Lipinski definition) is 1. The molecule has 29 heavy (non-hydrogen) atoms. The number of nitrogens with one attached hydrogen (secondary N) is 1. The van der Waals surface area contributed by atoms with Crippen LogP contribution in [0.3, 0.4) is 0 Å². The molecule has 0 bridgehead atoms. The standard InChI is InChI=1S/C22H30FN3O2S/c1-15-14-29-21(24-15)19-12-26(9-10-28-19)13-20(27)25-18(11-22(2,3)4)16-5-7-17(23)8-6-16/h5-8,14,18-19H,9-13H2,1-4H3,(H,25,27). The lowest BCUT2D eigenvalue weighted by Crippen LogP contribution is -2.45. The summed E-state index contributed by atoms with van der Waals surface area (Å²) in [4.78, 5) is 19.4. The zero-order chi connectivity index (χ0) is 21.0. The van der Waals surface area contributed by atoms with Gasteiger partial charge in [0.05, 0.1) is 19.2 Å². The van der Waals surface area contributed by atoms with Crippen molar-refractivity contribution < 1.29 is 13.9 Å². The molecule has 3 rings (SSSR count). The van der Waals surface area contributed by atoms with Gasteiger partial charge in [0.25, 0.3) is 0 Å². The Hall–Kier alpha value is -1.83. The number of halogens is 1. The molecule has 1 N–H and O–H groups in total. The predicted molar refractivity (Wildman–Crippen MR) is 113 cm³/mol. The van der Waals surface area contributed by atoms with Gasteiger partial charge in [-0.2, -0.15) is 0 Å². The third-order valence-electron chi connectivity index (χ3n) is 4.85. The lowest BCUT2D eigenvalue weighted by molar-refractivity contribution is -0.125. The van der Waals surface area contributed by atoms with E-state index in [1.54, 1.807) is 23.5 Å². The smallest absolute Gasteiger partial charge is 0.234 e. The SMILES string of the molecule is Cc1csc(C2CN(CC(=O)NC(CC(C)(C)C)c3ccc(F)cc3)CCO2)n1. The van der Waals surface area contributed by atoms with Crippen LogP contribution in [0, 0.1) is 18.2 Å². The number of aryl methyl sites for hydroxylation is 1. The van der Waals surface area contributed by atoms with Crippen LogP contribution in [0.25, 0.3) is 0 Å². The normalized spacial score (nSPS) is 19.1. The Morgan fingerprint density at radius 2 is 2.10 bits per heavy atom. The third kappa shape index (κ3) is 6.59. The van der Waals surface area contributed by atoms with Crippen molar-refractivity contribution >= 4 is 17.2 Å². The average molecular weight is 420 g/mol. The fourth-order valence-electron chi connectivity index (χ4n) is 3.52. The highest BCUT2D eigenvalue weighted by Gasteiger charge is 2.27. The molecule has 0 spiro atoms. The van der Waals surface area contributed by atoms with Crippen molar-refractivity contribution in [2.75, 3.05) is 26.2 Å². The van der Waals surface area contributed by atoms with E-state index in [0.717, 1.165) is 29.2 Å². The van der Waals surface area contributed by atoms with Gasteiger partial charge >= 0.3 is 0 Å². The van der Waals surface area contributed by atoms with E-state index >= 15 is 0 Å². The van der Waals surface area contributed by atoms with Crippen LogP contribution in [-0.4, -0.2) is 42.0 Å². The van der Waals surface area contributed by atoms with Crippen LogP contribution >= 0.6 is 11.3 Å². The van der Waals surface area contributed by atoms with Gasteiger partial charge in [-0.1, -0.05) is 32.9 Å². The lowest BCUT2D eigenvalue weighted by Gasteiger charge is -2.32. The van der Waals surface area contributed by atoms with E-state index in [2.05, 4.69) is 36.0 Å². The third-order valence-corrected chi connectivity index (χ3v) is 5.91. The Morgan fingerprint density at radius 3 is 2.72 bits per heavy atom. The summed E-state index contributed by atoms with van der Waals surface area (Å²) in [5.74, 6) is -0.300. The van der Waals surface area contributed by atoms with Crippen molar-refractivity contribution in [3.05, 3.63) is 51.7 Å². The maximum atomic E-state index is 13.3.